The van der Waals surface area contributed by atoms with Crippen LogP contribution in [0.15, 0.2) is 53.6 Å². The number of nitrogens with zero attached hydrogens (tertiary/aromatic N) is 3. The van der Waals surface area contributed by atoms with Gasteiger partial charge >= 0.3 is 0 Å². The lowest BCUT2D eigenvalue weighted by Gasteiger charge is -2.06. The monoisotopic (exact) mass is 352 g/mol. The van der Waals surface area contributed by atoms with Crippen LogP contribution in [0.25, 0.3) is 11.4 Å². The van der Waals surface area contributed by atoms with Crippen LogP contribution in [0, 0.1) is 22.9 Å². The third-order valence-corrected chi connectivity index (χ3v) is 3.56. The molecule has 25 heavy (non-hydrogen) atoms. The maximum Gasteiger partial charge on any atom is 0.216 e. The first-order chi connectivity index (χ1) is 12.2. The van der Waals surface area contributed by atoms with Gasteiger partial charge in [-0.2, -0.15) is 14.9 Å². The predicted octanol–water partition coefficient (Wildman–Crippen LogP) is 3.64. The number of benzene rings is 2. The highest BCUT2D eigenvalue weighted by atomic mass is 32.1. The topological polar surface area (TPSA) is 55.2 Å². The number of ether oxygens (including phenoxy) is 1. The van der Waals surface area contributed by atoms with Crippen molar-refractivity contribution >= 4 is 18.4 Å². The Labute approximate surface area is 148 Å². The first-order valence-corrected chi connectivity index (χ1v) is 7.73. The Bertz CT molecular complexity index is 999. The summed E-state index contributed by atoms with van der Waals surface area (Å²) in [6.07, 6.45) is 6.83. The van der Waals surface area contributed by atoms with E-state index in [1.165, 1.54) is 16.8 Å². The molecule has 2 aromatic carbocycles. The van der Waals surface area contributed by atoms with Crippen molar-refractivity contribution in [3.63, 3.8) is 0 Å². The maximum absolute atomic E-state index is 13.1. The van der Waals surface area contributed by atoms with Gasteiger partial charge in [0.1, 0.15) is 18.2 Å². The molecule has 7 heteroatoms. The highest BCUT2D eigenvalue weighted by molar-refractivity contribution is 7.71. The normalized spacial score (nSPS) is 10.7. The molecule has 1 aromatic heterocycles. The summed E-state index contributed by atoms with van der Waals surface area (Å²) in [7, 11) is 0. The zero-order chi connectivity index (χ0) is 17.6. The van der Waals surface area contributed by atoms with Crippen molar-refractivity contribution in [1.82, 2.24) is 14.9 Å². The lowest BCUT2D eigenvalue weighted by atomic mass is 10.2. The molecular formula is C18H13FN4OS. The van der Waals surface area contributed by atoms with Gasteiger partial charge in [-0.1, -0.05) is 18.1 Å². The second-order valence-corrected chi connectivity index (χ2v) is 5.33. The molecule has 0 saturated heterocycles. The van der Waals surface area contributed by atoms with E-state index >= 15 is 0 Å². The van der Waals surface area contributed by atoms with Crippen molar-refractivity contribution < 1.29 is 9.13 Å². The summed E-state index contributed by atoms with van der Waals surface area (Å²) in [5, 5.41) is 11.2. The zero-order valence-electron chi connectivity index (χ0n) is 13.0. The van der Waals surface area contributed by atoms with Crippen molar-refractivity contribution in [3.8, 4) is 29.5 Å². The van der Waals surface area contributed by atoms with Gasteiger partial charge in [0, 0.05) is 11.1 Å². The second-order valence-electron chi connectivity index (χ2n) is 4.95. The molecule has 3 aromatic rings. The second kappa shape index (κ2) is 7.55. The number of H-pyrrole nitrogens is 1. The molecule has 0 aliphatic carbocycles. The van der Waals surface area contributed by atoms with Crippen molar-refractivity contribution in [2.24, 2.45) is 5.10 Å². The average Bonchev–Trinajstić information content (AvgIpc) is 3.00. The molecule has 0 saturated carbocycles. The number of aromatic nitrogens is 3. The summed E-state index contributed by atoms with van der Waals surface area (Å²) < 4.78 is 20.4. The number of terminal acetylenes is 1. The van der Waals surface area contributed by atoms with Crippen LogP contribution >= 0.6 is 12.2 Å². The van der Waals surface area contributed by atoms with E-state index in [2.05, 4.69) is 21.2 Å². The first-order valence-electron chi connectivity index (χ1n) is 7.32. The van der Waals surface area contributed by atoms with Gasteiger partial charge in [0.2, 0.25) is 4.77 Å². The molecule has 1 heterocycles. The molecule has 0 spiro atoms. The van der Waals surface area contributed by atoms with Crippen LogP contribution in [0.4, 0.5) is 4.39 Å². The van der Waals surface area contributed by atoms with Gasteiger partial charge in [-0.05, 0) is 48.6 Å². The van der Waals surface area contributed by atoms with Crippen LogP contribution in [0.3, 0.4) is 0 Å². The third kappa shape index (κ3) is 3.82. The minimum absolute atomic E-state index is 0.164. The van der Waals surface area contributed by atoms with Gasteiger partial charge in [0.15, 0.2) is 5.82 Å². The molecule has 0 atom stereocenters. The number of halogens is 1. The smallest absolute Gasteiger partial charge is 0.216 e. The highest BCUT2D eigenvalue weighted by Crippen LogP contribution is 2.19. The van der Waals surface area contributed by atoms with E-state index in [0.29, 0.717) is 21.9 Å². The molecule has 0 aliphatic heterocycles. The van der Waals surface area contributed by atoms with E-state index < -0.39 is 0 Å². The zero-order valence-corrected chi connectivity index (χ0v) is 13.8. The first kappa shape index (κ1) is 16.6. The Morgan fingerprint density at radius 3 is 2.80 bits per heavy atom. The molecule has 0 fully saturated rings. The van der Waals surface area contributed by atoms with E-state index in [-0.39, 0.29) is 12.4 Å². The molecule has 0 aliphatic rings. The molecule has 124 valence electrons. The lowest BCUT2D eigenvalue weighted by molar-refractivity contribution is 0.370. The minimum Gasteiger partial charge on any atom is -0.480 e. The Balaban J connectivity index is 1.96. The molecule has 5 nitrogen and oxygen atoms in total. The van der Waals surface area contributed by atoms with Crippen LogP contribution in [-0.2, 0) is 0 Å². The number of rotatable bonds is 5. The summed E-state index contributed by atoms with van der Waals surface area (Å²) in [5.74, 6) is 3.19. The number of aromatic amines is 1. The molecule has 0 amide bonds. The van der Waals surface area contributed by atoms with E-state index in [1.54, 1.807) is 24.4 Å². The minimum atomic E-state index is -0.326. The molecule has 0 unspecified atom stereocenters. The Morgan fingerprint density at radius 2 is 2.04 bits per heavy atom. The molecular weight excluding hydrogens is 339 g/mol. The number of para-hydroxylation sites is 1. The fourth-order valence-electron chi connectivity index (χ4n) is 2.14. The van der Waals surface area contributed by atoms with E-state index in [1.807, 2.05) is 18.2 Å². The van der Waals surface area contributed by atoms with Gasteiger partial charge in [-0.3, -0.25) is 0 Å². The Hall–Kier alpha value is -3.24. The van der Waals surface area contributed by atoms with Crippen LogP contribution in [-0.4, -0.2) is 27.7 Å². The summed E-state index contributed by atoms with van der Waals surface area (Å²) in [4.78, 5) is 0. The van der Waals surface area contributed by atoms with Gasteiger partial charge in [-0.15, -0.1) is 6.42 Å². The summed E-state index contributed by atoms with van der Waals surface area (Å²) >= 11 is 5.22. The third-order valence-electron chi connectivity index (χ3n) is 3.30. The summed E-state index contributed by atoms with van der Waals surface area (Å²) in [6.45, 7) is 0.164. The van der Waals surface area contributed by atoms with E-state index in [0.717, 1.165) is 5.56 Å². The van der Waals surface area contributed by atoms with Crippen LogP contribution in [0.2, 0.25) is 0 Å². The quantitative estimate of drug-likeness (QED) is 0.433. The Morgan fingerprint density at radius 1 is 1.28 bits per heavy atom. The molecule has 0 bridgehead atoms. The van der Waals surface area contributed by atoms with Crippen LogP contribution in [0.5, 0.6) is 5.75 Å². The van der Waals surface area contributed by atoms with Crippen LogP contribution in [0.1, 0.15) is 5.56 Å². The van der Waals surface area contributed by atoms with E-state index in [9.17, 15) is 4.39 Å². The van der Waals surface area contributed by atoms with Crippen molar-refractivity contribution in [2.45, 2.75) is 0 Å². The maximum atomic E-state index is 13.1. The molecule has 1 N–H and O–H groups in total. The van der Waals surface area contributed by atoms with Gasteiger partial charge in [-0.25, -0.2) is 9.49 Å². The van der Waals surface area contributed by atoms with Crippen molar-refractivity contribution in [2.75, 3.05) is 6.61 Å². The number of nitrogens with one attached hydrogen (secondary N) is 1. The van der Waals surface area contributed by atoms with Crippen molar-refractivity contribution in [3.05, 3.63) is 64.7 Å². The lowest BCUT2D eigenvalue weighted by Crippen LogP contribution is -1.99. The predicted molar refractivity (Wildman–Crippen MR) is 96.6 cm³/mol. The Kier molecular flexibility index (Phi) is 5.02. The van der Waals surface area contributed by atoms with E-state index in [4.69, 9.17) is 23.4 Å². The average molecular weight is 352 g/mol. The van der Waals surface area contributed by atoms with Crippen molar-refractivity contribution in [1.29, 1.82) is 0 Å². The fourth-order valence-corrected chi connectivity index (χ4v) is 2.32. The summed E-state index contributed by atoms with van der Waals surface area (Å²) in [6, 6.07) is 13.3. The largest absolute Gasteiger partial charge is 0.480 e. The number of hydrogen-bond acceptors (Lipinski definition) is 4. The molecule has 3 rings (SSSR count). The van der Waals surface area contributed by atoms with Gasteiger partial charge < -0.3 is 4.74 Å². The SMILES string of the molecule is C#CCOc1ccccc1/C=N\n1c(-c2ccc(F)cc2)n[nH]c1=S. The van der Waals surface area contributed by atoms with Crippen LogP contribution < -0.4 is 4.74 Å². The summed E-state index contributed by atoms with van der Waals surface area (Å²) in [5.41, 5.74) is 1.42. The van der Waals surface area contributed by atoms with Gasteiger partial charge in [0.25, 0.3) is 0 Å². The van der Waals surface area contributed by atoms with Gasteiger partial charge in [0.05, 0.1) is 6.21 Å². The highest BCUT2D eigenvalue weighted by Gasteiger charge is 2.08. The molecule has 0 radical (unpaired) electrons. The fraction of sp³-hybridized carbons (Fsp3) is 0.0556. The standard InChI is InChI=1S/C18H13FN4OS/c1-2-11-24-16-6-4-3-5-14(16)12-20-23-17(21-22-18(23)25)13-7-9-15(19)10-8-13/h1,3-10,12H,11H2,(H,22,25)/b20-12-. The number of hydrogen-bond donors (Lipinski definition) is 1.